The van der Waals surface area contributed by atoms with E-state index in [1.807, 2.05) is 0 Å². The fourth-order valence-corrected chi connectivity index (χ4v) is 3.68. The molecule has 1 aliphatic rings. The topological polar surface area (TPSA) is 212 Å². The molecule has 1 saturated heterocycles. The van der Waals surface area contributed by atoms with Crippen LogP contribution in [-0.4, -0.2) is 70.7 Å². The van der Waals surface area contributed by atoms with Gasteiger partial charge >= 0.3 is 5.69 Å². The van der Waals surface area contributed by atoms with Crippen molar-refractivity contribution in [1.82, 2.24) is 14.9 Å². The van der Waals surface area contributed by atoms with Crippen LogP contribution in [0, 0.1) is 0 Å². The molecule has 164 valence electrons. The normalized spacial score (nSPS) is 22.0. The summed E-state index contributed by atoms with van der Waals surface area (Å²) in [6.07, 6.45) is -1.20. The number of hydrogen-bond acceptors (Lipinski definition) is 9. The second kappa shape index (κ2) is 10.1. The maximum Gasteiger partial charge on any atom is 0.330 e. The van der Waals surface area contributed by atoms with E-state index < -0.39 is 47.6 Å². The lowest BCUT2D eigenvalue weighted by Crippen LogP contribution is -2.52. The minimum atomic E-state index is -1.37. The summed E-state index contributed by atoms with van der Waals surface area (Å²) in [7, 11) is 0. The highest BCUT2D eigenvalue weighted by molar-refractivity contribution is 5.88. The average molecular weight is 414 g/mol. The third-order valence-electron chi connectivity index (χ3n) is 5.18. The molecule has 2 rings (SSSR count). The number of amides is 1. The second-order valence-corrected chi connectivity index (χ2v) is 7.03. The summed E-state index contributed by atoms with van der Waals surface area (Å²) in [5.41, 5.74) is 14.1. The summed E-state index contributed by atoms with van der Waals surface area (Å²) in [5, 5.41) is 21.9. The Kier molecular flexibility index (Phi) is 8.07. The molecule has 1 aromatic heterocycles. The fraction of sp³-hybridized carbons (Fsp3) is 0.706. The third-order valence-corrected chi connectivity index (χ3v) is 5.18. The molecular weight excluding hydrogens is 384 g/mol. The maximum absolute atomic E-state index is 13.0. The number of aliphatic hydroxyl groups is 2. The number of carbonyl (C=O) groups is 1. The van der Waals surface area contributed by atoms with Gasteiger partial charge in [-0.15, -0.1) is 0 Å². The highest BCUT2D eigenvalue weighted by Crippen LogP contribution is 2.31. The Morgan fingerprint density at radius 1 is 1.28 bits per heavy atom. The molecule has 0 spiro atoms. The van der Waals surface area contributed by atoms with Crippen molar-refractivity contribution in [2.45, 2.75) is 43.1 Å². The molecule has 1 fully saturated rings. The van der Waals surface area contributed by atoms with Gasteiger partial charge in [0.1, 0.15) is 12.3 Å². The van der Waals surface area contributed by atoms with Gasteiger partial charge < -0.3 is 37.5 Å². The van der Waals surface area contributed by atoms with E-state index in [1.54, 1.807) is 0 Å². The number of ether oxygens (including phenoxy) is 1. The molecule has 12 heteroatoms. The zero-order chi connectivity index (χ0) is 21.6. The largest absolute Gasteiger partial charge is 0.394 e. The van der Waals surface area contributed by atoms with Crippen LogP contribution < -0.4 is 33.8 Å². The molecule has 3 atom stereocenters. The van der Waals surface area contributed by atoms with Crippen molar-refractivity contribution < 1.29 is 19.7 Å². The standard InChI is InChI=1S/C17H30N6O6/c18-3-1-17(2-4-19,15(27)21-6-5-20)10-8-23(16(28)22-14(10)26)13-7-11(25)12(9-24)29-13/h8,11-13,24-25H,1-7,9,18-20H2,(H,21,27)(H,22,26,28)/t11?,12-,13-/m0/s1. The van der Waals surface area contributed by atoms with E-state index in [-0.39, 0.29) is 51.0 Å². The summed E-state index contributed by atoms with van der Waals surface area (Å²) < 4.78 is 6.62. The van der Waals surface area contributed by atoms with E-state index in [0.717, 1.165) is 4.57 Å². The van der Waals surface area contributed by atoms with Crippen LogP contribution in [0.4, 0.5) is 0 Å². The average Bonchev–Trinajstić information content (AvgIpc) is 3.06. The summed E-state index contributed by atoms with van der Waals surface area (Å²) in [5.74, 6) is -0.463. The van der Waals surface area contributed by atoms with Crippen LogP contribution in [-0.2, 0) is 14.9 Å². The van der Waals surface area contributed by atoms with E-state index in [4.69, 9.17) is 21.9 Å². The molecule has 0 bridgehead atoms. The Balaban J connectivity index is 2.57. The van der Waals surface area contributed by atoms with Gasteiger partial charge in [-0.1, -0.05) is 0 Å². The first-order valence-electron chi connectivity index (χ1n) is 9.53. The fourth-order valence-electron chi connectivity index (χ4n) is 3.68. The predicted octanol–water partition coefficient (Wildman–Crippen LogP) is -3.81. The molecule has 1 unspecified atom stereocenters. The number of nitrogens with two attached hydrogens (primary N) is 3. The van der Waals surface area contributed by atoms with Gasteiger partial charge in [0.25, 0.3) is 5.56 Å². The van der Waals surface area contributed by atoms with E-state index >= 15 is 0 Å². The monoisotopic (exact) mass is 414 g/mol. The first-order valence-corrected chi connectivity index (χ1v) is 9.53. The van der Waals surface area contributed by atoms with E-state index in [2.05, 4.69) is 10.3 Å². The van der Waals surface area contributed by atoms with Crippen LogP contribution in [0.25, 0.3) is 0 Å². The van der Waals surface area contributed by atoms with Gasteiger partial charge in [-0.2, -0.15) is 0 Å². The van der Waals surface area contributed by atoms with Crippen LogP contribution in [0.3, 0.4) is 0 Å². The summed E-state index contributed by atoms with van der Waals surface area (Å²) in [4.78, 5) is 40.3. The number of rotatable bonds is 10. The van der Waals surface area contributed by atoms with Gasteiger partial charge in [-0.25, -0.2) is 4.79 Å². The van der Waals surface area contributed by atoms with Crippen molar-refractivity contribution in [3.05, 3.63) is 32.6 Å². The molecule has 1 aliphatic heterocycles. The smallest absolute Gasteiger partial charge is 0.330 e. The number of aliphatic hydroxyl groups excluding tert-OH is 2. The Morgan fingerprint density at radius 3 is 2.45 bits per heavy atom. The Bertz CT molecular complexity index is 802. The molecule has 0 saturated carbocycles. The third kappa shape index (κ3) is 4.74. The van der Waals surface area contributed by atoms with E-state index in [1.165, 1.54) is 6.20 Å². The number of aromatic nitrogens is 2. The molecule has 10 N–H and O–H groups in total. The number of nitrogens with one attached hydrogen (secondary N) is 2. The van der Waals surface area contributed by atoms with Crippen molar-refractivity contribution in [2.75, 3.05) is 32.8 Å². The zero-order valence-corrected chi connectivity index (χ0v) is 16.2. The Hall–Kier alpha value is -2.09. The van der Waals surface area contributed by atoms with Gasteiger partial charge in [-0.05, 0) is 25.9 Å². The Labute approximate surface area is 167 Å². The SMILES string of the molecule is NCCNC(=O)C(CCN)(CCN)c1cn([C@@H]2CC(O)[C@H](CO)O2)c(=O)[nH]c1=O. The van der Waals surface area contributed by atoms with Crippen LogP contribution in [0.2, 0.25) is 0 Å². The summed E-state index contributed by atoms with van der Waals surface area (Å²) >= 11 is 0. The van der Waals surface area contributed by atoms with E-state index in [9.17, 15) is 24.6 Å². The molecule has 0 aromatic carbocycles. The predicted molar refractivity (Wildman–Crippen MR) is 104 cm³/mol. The zero-order valence-electron chi connectivity index (χ0n) is 16.2. The number of H-pyrrole nitrogens is 1. The van der Waals surface area contributed by atoms with Crippen molar-refractivity contribution in [1.29, 1.82) is 0 Å². The number of nitrogens with zero attached hydrogens (tertiary/aromatic N) is 1. The van der Waals surface area contributed by atoms with Gasteiger partial charge in [-0.3, -0.25) is 19.1 Å². The molecule has 2 heterocycles. The van der Waals surface area contributed by atoms with E-state index in [0.29, 0.717) is 0 Å². The first kappa shape index (κ1) is 23.2. The Morgan fingerprint density at radius 2 is 1.93 bits per heavy atom. The lowest BCUT2D eigenvalue weighted by Gasteiger charge is -2.32. The quantitative estimate of drug-likeness (QED) is 0.200. The van der Waals surface area contributed by atoms with Crippen molar-refractivity contribution >= 4 is 5.91 Å². The number of hydrogen-bond donors (Lipinski definition) is 7. The highest BCUT2D eigenvalue weighted by Gasteiger charge is 2.42. The van der Waals surface area contributed by atoms with Crippen LogP contribution in [0.5, 0.6) is 0 Å². The maximum atomic E-state index is 13.0. The lowest BCUT2D eigenvalue weighted by molar-refractivity contribution is -0.127. The minimum absolute atomic E-state index is 0.0214. The van der Waals surface area contributed by atoms with Crippen LogP contribution in [0.1, 0.15) is 31.1 Å². The number of aromatic amines is 1. The number of carbonyl (C=O) groups excluding carboxylic acids is 1. The molecule has 12 nitrogen and oxygen atoms in total. The molecule has 0 radical (unpaired) electrons. The minimum Gasteiger partial charge on any atom is -0.394 e. The van der Waals surface area contributed by atoms with Crippen molar-refractivity contribution in [3.63, 3.8) is 0 Å². The molecular formula is C17H30N6O6. The van der Waals surface area contributed by atoms with Crippen LogP contribution >= 0.6 is 0 Å². The highest BCUT2D eigenvalue weighted by atomic mass is 16.5. The van der Waals surface area contributed by atoms with Crippen LogP contribution in [0.15, 0.2) is 15.8 Å². The van der Waals surface area contributed by atoms with Gasteiger partial charge in [0.2, 0.25) is 5.91 Å². The van der Waals surface area contributed by atoms with Gasteiger partial charge in [0, 0.05) is 31.3 Å². The summed E-state index contributed by atoms with van der Waals surface area (Å²) in [6, 6.07) is 0. The molecule has 0 aliphatic carbocycles. The first-order chi connectivity index (χ1) is 13.8. The lowest BCUT2D eigenvalue weighted by atomic mass is 9.74. The molecule has 1 aromatic rings. The molecule has 29 heavy (non-hydrogen) atoms. The molecule has 1 amide bonds. The van der Waals surface area contributed by atoms with Crippen molar-refractivity contribution in [2.24, 2.45) is 17.2 Å². The van der Waals surface area contributed by atoms with Gasteiger partial charge in [0.05, 0.1) is 18.1 Å². The second-order valence-electron chi connectivity index (χ2n) is 7.03. The summed E-state index contributed by atoms with van der Waals surface area (Å²) in [6.45, 7) is 0.177. The van der Waals surface area contributed by atoms with Crippen molar-refractivity contribution in [3.8, 4) is 0 Å². The van der Waals surface area contributed by atoms with Gasteiger partial charge in [0.15, 0.2) is 0 Å².